The van der Waals surface area contributed by atoms with Crippen LogP contribution in [0.4, 0.5) is 0 Å². The highest BCUT2D eigenvalue weighted by molar-refractivity contribution is 6.48. The molecule has 1 amide bonds. The van der Waals surface area contributed by atoms with Crippen LogP contribution in [0.25, 0.3) is 0 Å². The average molecular weight is 252 g/mol. The topological polar surface area (TPSA) is 46.6 Å². The van der Waals surface area contributed by atoms with Crippen LogP contribution in [0.5, 0.6) is 0 Å². The molecule has 0 radical (unpaired) electrons. The van der Waals surface area contributed by atoms with Crippen molar-refractivity contribution >= 4 is 35.6 Å². The van der Waals surface area contributed by atoms with Crippen LogP contribution in [0.15, 0.2) is 10.1 Å². The summed E-state index contributed by atoms with van der Waals surface area (Å²) in [5.74, 6) is -0.706. The molecule has 0 saturated heterocycles. The summed E-state index contributed by atoms with van der Waals surface area (Å²) in [5.41, 5.74) is -0.506. The number of carbonyl (C=O) groups excluding carboxylic acids is 2. The number of rotatable bonds is 2. The van der Waals surface area contributed by atoms with Crippen LogP contribution in [-0.4, -0.2) is 29.0 Å². The third-order valence-electron chi connectivity index (χ3n) is 1.97. The number of ether oxygens (including phenoxy) is 1. The van der Waals surface area contributed by atoms with Crippen molar-refractivity contribution in [2.45, 2.75) is 32.5 Å². The number of cyclic esters (lactones) is 1. The lowest BCUT2D eigenvalue weighted by Gasteiger charge is -2.35. The molecule has 4 nitrogen and oxygen atoms in total. The normalized spacial score (nSPS) is 21.7. The predicted molar refractivity (Wildman–Crippen MR) is 56.3 cm³/mol. The Bertz CT molecular complexity index is 333. The lowest BCUT2D eigenvalue weighted by Crippen LogP contribution is -2.47. The maximum Gasteiger partial charge on any atom is 0.353 e. The third kappa shape index (κ3) is 2.26. The summed E-state index contributed by atoms with van der Waals surface area (Å²) < 4.78 is 4.88. The van der Waals surface area contributed by atoms with E-state index in [1.54, 1.807) is 20.8 Å². The van der Waals surface area contributed by atoms with Gasteiger partial charge in [0.25, 0.3) is 0 Å². The van der Waals surface area contributed by atoms with E-state index < -0.39 is 17.7 Å². The summed E-state index contributed by atoms with van der Waals surface area (Å²) in [7, 11) is 0. The van der Waals surface area contributed by atoms with Crippen molar-refractivity contribution in [2.24, 2.45) is 0 Å². The fourth-order valence-corrected chi connectivity index (χ4v) is 1.52. The van der Waals surface area contributed by atoms with E-state index in [0.29, 0.717) is 6.41 Å². The Kier molecular flexibility index (Phi) is 3.31. The molecule has 1 atom stereocenters. The first-order chi connectivity index (χ1) is 6.79. The molecular formula is C9H11Cl2NO3. The molecule has 1 aliphatic heterocycles. The molecule has 0 bridgehead atoms. The summed E-state index contributed by atoms with van der Waals surface area (Å²) in [6.45, 7) is 5.39. The second-order valence-electron chi connectivity index (χ2n) is 4.10. The van der Waals surface area contributed by atoms with Gasteiger partial charge in [-0.3, -0.25) is 9.69 Å². The van der Waals surface area contributed by atoms with Gasteiger partial charge in [-0.15, -0.1) is 0 Å². The number of esters is 1. The average Bonchev–Trinajstić information content (AvgIpc) is 2.33. The maximum absolute atomic E-state index is 11.1. The first-order valence-corrected chi connectivity index (χ1v) is 5.04. The highest BCUT2D eigenvalue weighted by Crippen LogP contribution is 2.33. The minimum Gasteiger partial charge on any atom is -0.432 e. The van der Waals surface area contributed by atoms with Gasteiger partial charge in [-0.05, 0) is 20.8 Å². The molecule has 0 aromatic heterocycles. The second-order valence-corrected chi connectivity index (χ2v) is 4.89. The lowest BCUT2D eigenvalue weighted by atomic mass is 10.1. The predicted octanol–water partition coefficient (Wildman–Crippen LogP) is 1.82. The summed E-state index contributed by atoms with van der Waals surface area (Å²) in [6, 6.07) is 0. The zero-order valence-electron chi connectivity index (χ0n) is 8.58. The first kappa shape index (κ1) is 12.3. The molecule has 1 aliphatic rings. The van der Waals surface area contributed by atoms with Crippen molar-refractivity contribution in [1.82, 2.24) is 4.90 Å². The van der Waals surface area contributed by atoms with Crippen molar-refractivity contribution in [3.8, 4) is 0 Å². The molecular weight excluding hydrogens is 241 g/mol. The van der Waals surface area contributed by atoms with Gasteiger partial charge in [0.2, 0.25) is 12.6 Å². The third-order valence-corrected chi connectivity index (χ3v) is 2.80. The molecule has 0 saturated carbocycles. The summed E-state index contributed by atoms with van der Waals surface area (Å²) in [6.07, 6.45) is -0.334. The molecule has 0 aromatic rings. The largest absolute Gasteiger partial charge is 0.432 e. The molecule has 1 heterocycles. The number of nitrogens with zero attached hydrogens (tertiary/aromatic N) is 1. The van der Waals surface area contributed by atoms with Crippen LogP contribution < -0.4 is 0 Å². The van der Waals surface area contributed by atoms with Crippen molar-refractivity contribution in [3.05, 3.63) is 10.1 Å². The van der Waals surface area contributed by atoms with E-state index in [1.165, 1.54) is 4.90 Å². The maximum atomic E-state index is 11.1. The van der Waals surface area contributed by atoms with E-state index >= 15 is 0 Å². The number of halogens is 2. The Hall–Kier alpha value is -0.740. The van der Waals surface area contributed by atoms with Crippen LogP contribution >= 0.6 is 23.2 Å². The van der Waals surface area contributed by atoms with Crippen LogP contribution in [-0.2, 0) is 14.3 Å². The van der Waals surface area contributed by atoms with Crippen molar-refractivity contribution in [2.75, 3.05) is 0 Å². The second kappa shape index (κ2) is 4.02. The molecule has 1 rings (SSSR count). The van der Waals surface area contributed by atoms with E-state index in [9.17, 15) is 9.59 Å². The Morgan fingerprint density at radius 1 is 1.40 bits per heavy atom. The monoisotopic (exact) mass is 251 g/mol. The van der Waals surface area contributed by atoms with E-state index in [2.05, 4.69) is 0 Å². The number of amides is 1. The van der Waals surface area contributed by atoms with Gasteiger partial charge >= 0.3 is 5.97 Å². The first-order valence-electron chi connectivity index (χ1n) is 4.29. The smallest absolute Gasteiger partial charge is 0.353 e. The molecule has 15 heavy (non-hydrogen) atoms. The Labute approximate surface area is 97.8 Å². The fraction of sp³-hybridized carbons (Fsp3) is 0.556. The zero-order chi connectivity index (χ0) is 11.8. The standard InChI is InChI=1S/C9H11Cl2NO3/c1-9(2,3)12(4-13)7-5(10)6(11)8(14)15-7/h4,7H,1-3H3. The molecule has 0 fully saturated rings. The van der Waals surface area contributed by atoms with Gasteiger partial charge in [0.15, 0.2) is 0 Å². The van der Waals surface area contributed by atoms with Gasteiger partial charge in [-0.1, -0.05) is 23.2 Å². The lowest BCUT2D eigenvalue weighted by molar-refractivity contribution is -0.153. The Balaban J connectivity index is 3.00. The van der Waals surface area contributed by atoms with Gasteiger partial charge in [-0.2, -0.15) is 0 Å². The number of hydrogen-bond donors (Lipinski definition) is 0. The van der Waals surface area contributed by atoms with Gasteiger partial charge in [0.1, 0.15) is 10.1 Å². The zero-order valence-corrected chi connectivity index (χ0v) is 10.1. The number of hydrogen-bond acceptors (Lipinski definition) is 3. The quantitative estimate of drug-likeness (QED) is 0.556. The van der Waals surface area contributed by atoms with Gasteiger partial charge in [-0.25, -0.2) is 4.79 Å². The van der Waals surface area contributed by atoms with Crippen LogP contribution in [0.1, 0.15) is 20.8 Å². The van der Waals surface area contributed by atoms with Crippen LogP contribution in [0.2, 0.25) is 0 Å². The van der Waals surface area contributed by atoms with E-state index in [0.717, 1.165) is 0 Å². The molecule has 84 valence electrons. The van der Waals surface area contributed by atoms with Gasteiger partial charge < -0.3 is 4.74 Å². The van der Waals surface area contributed by atoms with Crippen LogP contribution in [0, 0.1) is 0 Å². The summed E-state index contributed by atoms with van der Waals surface area (Å²) >= 11 is 11.4. The summed E-state index contributed by atoms with van der Waals surface area (Å²) in [4.78, 5) is 23.3. The Morgan fingerprint density at radius 2 is 1.93 bits per heavy atom. The highest BCUT2D eigenvalue weighted by Gasteiger charge is 2.40. The molecule has 0 aliphatic carbocycles. The molecule has 1 unspecified atom stereocenters. The van der Waals surface area contributed by atoms with E-state index in [-0.39, 0.29) is 10.1 Å². The van der Waals surface area contributed by atoms with Crippen LogP contribution in [0.3, 0.4) is 0 Å². The molecule has 6 heteroatoms. The minimum atomic E-state index is -0.913. The van der Waals surface area contributed by atoms with Crippen molar-refractivity contribution in [1.29, 1.82) is 0 Å². The van der Waals surface area contributed by atoms with E-state index in [1.807, 2.05) is 0 Å². The fourth-order valence-electron chi connectivity index (χ4n) is 1.15. The van der Waals surface area contributed by atoms with Gasteiger partial charge in [0, 0.05) is 5.54 Å². The molecule has 0 spiro atoms. The minimum absolute atomic E-state index is 0.0451. The van der Waals surface area contributed by atoms with Crippen molar-refractivity contribution in [3.63, 3.8) is 0 Å². The Morgan fingerprint density at radius 3 is 2.20 bits per heavy atom. The number of carbonyl (C=O) groups is 2. The SMILES string of the molecule is CC(C)(C)N(C=O)C1OC(=O)C(Cl)=C1Cl. The van der Waals surface area contributed by atoms with E-state index in [4.69, 9.17) is 27.9 Å². The highest BCUT2D eigenvalue weighted by atomic mass is 35.5. The van der Waals surface area contributed by atoms with Gasteiger partial charge in [0.05, 0.1) is 0 Å². The van der Waals surface area contributed by atoms with Crippen molar-refractivity contribution < 1.29 is 14.3 Å². The molecule has 0 aromatic carbocycles. The summed E-state index contributed by atoms with van der Waals surface area (Å²) in [5, 5.41) is -0.124. The molecule has 0 N–H and O–H groups in total.